The molecule has 114 valence electrons. The molecule has 0 aliphatic carbocycles. The normalized spacial score (nSPS) is 22.0. The highest BCUT2D eigenvalue weighted by Gasteiger charge is 2.31. The second kappa shape index (κ2) is 7.25. The van der Waals surface area contributed by atoms with Crippen LogP contribution in [0.4, 0.5) is 0 Å². The van der Waals surface area contributed by atoms with Crippen molar-refractivity contribution in [3.63, 3.8) is 0 Å². The number of amides is 1. The molecular formula is C17H23NO3. The predicted octanol–water partition coefficient (Wildman–Crippen LogP) is 2.58. The summed E-state index contributed by atoms with van der Waals surface area (Å²) in [6, 6.07) is 10.1. The molecule has 1 fully saturated rings. The van der Waals surface area contributed by atoms with Gasteiger partial charge >= 0.3 is 5.97 Å². The van der Waals surface area contributed by atoms with Crippen LogP contribution in [0.2, 0.25) is 0 Å². The highest BCUT2D eigenvalue weighted by atomic mass is 16.4. The molecule has 4 nitrogen and oxygen atoms in total. The Morgan fingerprint density at radius 2 is 1.95 bits per heavy atom. The molecule has 0 saturated carbocycles. The van der Waals surface area contributed by atoms with Crippen LogP contribution in [-0.2, 0) is 16.0 Å². The number of aryl methyl sites for hydroxylation is 1. The van der Waals surface area contributed by atoms with Crippen molar-refractivity contribution >= 4 is 11.9 Å². The molecule has 1 heterocycles. The van der Waals surface area contributed by atoms with Crippen LogP contribution in [-0.4, -0.2) is 35.0 Å². The molecule has 0 bridgehead atoms. The average molecular weight is 289 g/mol. The highest BCUT2D eigenvalue weighted by molar-refractivity contribution is 5.78. The van der Waals surface area contributed by atoms with Crippen LogP contribution in [0, 0.1) is 11.8 Å². The molecule has 0 spiro atoms. The smallest absolute Gasteiger partial charge is 0.308 e. The summed E-state index contributed by atoms with van der Waals surface area (Å²) in [5.74, 6) is -0.850. The molecular weight excluding hydrogens is 266 g/mol. The monoisotopic (exact) mass is 289 g/mol. The van der Waals surface area contributed by atoms with Gasteiger partial charge in [-0.1, -0.05) is 37.3 Å². The molecule has 2 rings (SSSR count). The number of carbonyl (C=O) groups is 2. The molecule has 1 aliphatic heterocycles. The van der Waals surface area contributed by atoms with E-state index in [0.29, 0.717) is 25.9 Å². The Kier molecular flexibility index (Phi) is 5.37. The summed E-state index contributed by atoms with van der Waals surface area (Å²) in [7, 11) is 0. The molecule has 0 radical (unpaired) electrons. The summed E-state index contributed by atoms with van der Waals surface area (Å²) < 4.78 is 0. The zero-order valence-corrected chi connectivity index (χ0v) is 12.5. The van der Waals surface area contributed by atoms with E-state index < -0.39 is 11.9 Å². The lowest BCUT2D eigenvalue weighted by Gasteiger charge is -2.34. The van der Waals surface area contributed by atoms with Gasteiger partial charge in [-0.15, -0.1) is 0 Å². The molecule has 4 heteroatoms. The van der Waals surface area contributed by atoms with Crippen LogP contribution < -0.4 is 0 Å². The van der Waals surface area contributed by atoms with Gasteiger partial charge in [-0.25, -0.2) is 0 Å². The van der Waals surface area contributed by atoms with Crippen LogP contribution in [0.1, 0.15) is 31.7 Å². The van der Waals surface area contributed by atoms with Crippen molar-refractivity contribution in [2.75, 3.05) is 13.1 Å². The lowest BCUT2D eigenvalue weighted by atomic mass is 9.90. The van der Waals surface area contributed by atoms with Gasteiger partial charge in [-0.3, -0.25) is 9.59 Å². The maximum Gasteiger partial charge on any atom is 0.308 e. The first-order valence-corrected chi connectivity index (χ1v) is 7.60. The number of carboxylic acids is 1. The van der Waals surface area contributed by atoms with E-state index in [2.05, 4.69) is 12.1 Å². The molecule has 1 amide bonds. The second-order valence-corrected chi connectivity index (χ2v) is 6.01. The molecule has 1 N–H and O–H groups in total. The van der Waals surface area contributed by atoms with Crippen LogP contribution in [0.5, 0.6) is 0 Å². The zero-order valence-electron chi connectivity index (χ0n) is 12.5. The van der Waals surface area contributed by atoms with Gasteiger partial charge in [0.15, 0.2) is 0 Å². The van der Waals surface area contributed by atoms with Crippen LogP contribution in [0.15, 0.2) is 30.3 Å². The zero-order chi connectivity index (χ0) is 15.2. The fourth-order valence-corrected chi connectivity index (χ4v) is 2.98. The minimum Gasteiger partial charge on any atom is -0.481 e. The molecule has 2 unspecified atom stereocenters. The number of rotatable bonds is 5. The number of piperidine rings is 1. The third-order valence-electron chi connectivity index (χ3n) is 4.06. The largest absolute Gasteiger partial charge is 0.481 e. The fourth-order valence-electron chi connectivity index (χ4n) is 2.98. The van der Waals surface area contributed by atoms with Crippen LogP contribution in [0.25, 0.3) is 0 Å². The maximum absolute atomic E-state index is 12.2. The van der Waals surface area contributed by atoms with E-state index >= 15 is 0 Å². The van der Waals surface area contributed by atoms with Crippen molar-refractivity contribution in [2.24, 2.45) is 11.8 Å². The van der Waals surface area contributed by atoms with Gasteiger partial charge in [0.05, 0.1) is 5.92 Å². The van der Waals surface area contributed by atoms with Crippen molar-refractivity contribution in [3.8, 4) is 0 Å². The van der Waals surface area contributed by atoms with Crippen molar-refractivity contribution < 1.29 is 14.7 Å². The van der Waals surface area contributed by atoms with Gasteiger partial charge in [0.25, 0.3) is 0 Å². The Balaban J connectivity index is 1.81. The van der Waals surface area contributed by atoms with Crippen molar-refractivity contribution in [1.29, 1.82) is 0 Å². The summed E-state index contributed by atoms with van der Waals surface area (Å²) in [5, 5.41) is 9.14. The van der Waals surface area contributed by atoms with Gasteiger partial charge in [-0.05, 0) is 30.7 Å². The summed E-state index contributed by atoms with van der Waals surface area (Å²) in [6.07, 6.45) is 2.86. The number of nitrogens with zero attached hydrogens (tertiary/aromatic N) is 1. The van der Waals surface area contributed by atoms with Crippen LogP contribution in [0.3, 0.4) is 0 Å². The van der Waals surface area contributed by atoms with E-state index in [1.165, 1.54) is 5.56 Å². The summed E-state index contributed by atoms with van der Waals surface area (Å²) in [4.78, 5) is 25.1. The van der Waals surface area contributed by atoms with E-state index in [9.17, 15) is 9.59 Å². The maximum atomic E-state index is 12.2. The minimum absolute atomic E-state index is 0.0868. The SMILES string of the molecule is CC1CC(C(=O)O)CN(C(=O)CCCc2ccccc2)C1. The topological polar surface area (TPSA) is 57.6 Å². The molecule has 1 aromatic carbocycles. The van der Waals surface area contributed by atoms with Crippen molar-refractivity contribution in [3.05, 3.63) is 35.9 Å². The quantitative estimate of drug-likeness (QED) is 0.906. The van der Waals surface area contributed by atoms with E-state index in [0.717, 1.165) is 12.8 Å². The Morgan fingerprint density at radius 3 is 2.62 bits per heavy atom. The van der Waals surface area contributed by atoms with Gasteiger partial charge in [0, 0.05) is 19.5 Å². The van der Waals surface area contributed by atoms with Crippen molar-refractivity contribution in [1.82, 2.24) is 4.90 Å². The number of carboxylic acid groups (broad SMARTS) is 1. The number of hydrogen-bond donors (Lipinski definition) is 1. The number of hydrogen-bond acceptors (Lipinski definition) is 2. The van der Waals surface area contributed by atoms with Gasteiger partial charge < -0.3 is 10.0 Å². The molecule has 1 aliphatic rings. The van der Waals surface area contributed by atoms with Crippen molar-refractivity contribution in [2.45, 2.75) is 32.6 Å². The lowest BCUT2D eigenvalue weighted by Crippen LogP contribution is -2.45. The molecule has 0 aromatic heterocycles. The highest BCUT2D eigenvalue weighted by Crippen LogP contribution is 2.22. The molecule has 1 saturated heterocycles. The molecule has 21 heavy (non-hydrogen) atoms. The fraction of sp³-hybridized carbons (Fsp3) is 0.529. The van der Waals surface area contributed by atoms with E-state index in [-0.39, 0.29) is 11.8 Å². The first-order valence-electron chi connectivity index (χ1n) is 7.60. The predicted molar refractivity (Wildman–Crippen MR) is 80.9 cm³/mol. The van der Waals surface area contributed by atoms with Gasteiger partial charge in [0.2, 0.25) is 5.91 Å². The van der Waals surface area contributed by atoms with E-state index in [1.807, 2.05) is 25.1 Å². The number of likely N-dealkylation sites (tertiary alicyclic amines) is 1. The minimum atomic E-state index is -0.788. The second-order valence-electron chi connectivity index (χ2n) is 6.01. The third-order valence-corrected chi connectivity index (χ3v) is 4.06. The number of carbonyl (C=O) groups excluding carboxylic acids is 1. The molecule has 1 aromatic rings. The first-order chi connectivity index (χ1) is 10.1. The Bertz CT molecular complexity index is 486. The Hall–Kier alpha value is -1.84. The average Bonchev–Trinajstić information content (AvgIpc) is 2.47. The lowest BCUT2D eigenvalue weighted by molar-refractivity contribution is -0.146. The Morgan fingerprint density at radius 1 is 1.24 bits per heavy atom. The summed E-state index contributed by atoms with van der Waals surface area (Å²) in [5.41, 5.74) is 1.24. The summed E-state index contributed by atoms with van der Waals surface area (Å²) >= 11 is 0. The van der Waals surface area contributed by atoms with Gasteiger partial charge in [0.1, 0.15) is 0 Å². The van der Waals surface area contributed by atoms with E-state index in [4.69, 9.17) is 5.11 Å². The summed E-state index contributed by atoms with van der Waals surface area (Å²) in [6.45, 7) is 3.07. The standard InChI is InChI=1S/C17H23NO3/c1-13-10-15(17(20)21)12-18(11-13)16(19)9-5-8-14-6-3-2-4-7-14/h2-4,6-7,13,15H,5,8-12H2,1H3,(H,20,21). The van der Waals surface area contributed by atoms with Crippen LogP contribution >= 0.6 is 0 Å². The number of benzene rings is 1. The van der Waals surface area contributed by atoms with Gasteiger partial charge in [-0.2, -0.15) is 0 Å². The third kappa shape index (κ3) is 4.59. The molecule has 2 atom stereocenters. The first kappa shape index (κ1) is 15.5. The van der Waals surface area contributed by atoms with E-state index in [1.54, 1.807) is 4.90 Å². The Labute approximate surface area is 125 Å². The number of aliphatic carboxylic acids is 1.